The van der Waals surface area contributed by atoms with Crippen LogP contribution in [0.25, 0.3) is 0 Å². The van der Waals surface area contributed by atoms with E-state index in [1.165, 1.54) is 5.56 Å². The first-order chi connectivity index (χ1) is 9.68. The third kappa shape index (κ3) is 2.90. The van der Waals surface area contributed by atoms with E-state index in [-0.39, 0.29) is 11.9 Å². The van der Waals surface area contributed by atoms with Crippen molar-refractivity contribution in [3.63, 3.8) is 0 Å². The molecule has 0 bridgehead atoms. The second kappa shape index (κ2) is 5.84. The highest BCUT2D eigenvalue weighted by Gasteiger charge is 2.44. The first-order valence-electron chi connectivity index (χ1n) is 7.74. The average molecular weight is 275 g/mol. The van der Waals surface area contributed by atoms with E-state index in [2.05, 4.69) is 42.2 Å². The number of ether oxygens (including phenoxy) is 2. The van der Waals surface area contributed by atoms with Crippen molar-refractivity contribution in [3.05, 3.63) is 35.9 Å². The zero-order chi connectivity index (χ0) is 14.0. The molecule has 0 N–H and O–H groups in total. The Labute approximate surface area is 121 Å². The average Bonchev–Trinajstić information content (AvgIpc) is 2.47. The molecule has 1 aromatic rings. The molecule has 2 aliphatic rings. The molecular weight excluding hydrogens is 250 g/mol. The molecule has 2 unspecified atom stereocenters. The van der Waals surface area contributed by atoms with Crippen molar-refractivity contribution in [2.75, 3.05) is 19.7 Å². The lowest BCUT2D eigenvalue weighted by Crippen LogP contribution is -2.55. The summed E-state index contributed by atoms with van der Waals surface area (Å²) in [5.41, 5.74) is 1.45. The van der Waals surface area contributed by atoms with Gasteiger partial charge in [-0.15, -0.1) is 0 Å². The highest BCUT2D eigenvalue weighted by molar-refractivity contribution is 5.14. The third-order valence-corrected chi connectivity index (χ3v) is 4.83. The molecular formula is C17H25NO2. The van der Waals surface area contributed by atoms with E-state index < -0.39 is 0 Å². The Morgan fingerprint density at radius 2 is 1.85 bits per heavy atom. The quantitative estimate of drug-likeness (QED) is 0.828. The summed E-state index contributed by atoms with van der Waals surface area (Å²) in [6, 6.07) is 10.7. The SMILES string of the molecule is CC1OCC(C)C2(CCN(Cc3ccccc3)CC2)O1. The predicted octanol–water partition coefficient (Wildman–Crippen LogP) is 3.05. The highest BCUT2D eigenvalue weighted by Crippen LogP contribution is 2.38. The number of rotatable bonds is 2. The van der Waals surface area contributed by atoms with Gasteiger partial charge in [-0.2, -0.15) is 0 Å². The van der Waals surface area contributed by atoms with Crippen LogP contribution in [-0.2, 0) is 16.0 Å². The molecule has 0 amide bonds. The molecule has 110 valence electrons. The van der Waals surface area contributed by atoms with Crippen LogP contribution in [0.4, 0.5) is 0 Å². The van der Waals surface area contributed by atoms with Crippen molar-refractivity contribution >= 4 is 0 Å². The second-order valence-corrected chi connectivity index (χ2v) is 6.25. The molecule has 1 aromatic carbocycles. The summed E-state index contributed by atoms with van der Waals surface area (Å²) < 4.78 is 11.8. The lowest BCUT2D eigenvalue weighted by molar-refractivity contribution is -0.283. The van der Waals surface area contributed by atoms with Crippen molar-refractivity contribution in [2.45, 2.75) is 45.1 Å². The van der Waals surface area contributed by atoms with Crippen molar-refractivity contribution in [2.24, 2.45) is 5.92 Å². The monoisotopic (exact) mass is 275 g/mol. The summed E-state index contributed by atoms with van der Waals surface area (Å²) in [6.45, 7) is 8.40. The third-order valence-electron chi connectivity index (χ3n) is 4.83. The molecule has 0 radical (unpaired) electrons. The summed E-state index contributed by atoms with van der Waals surface area (Å²) in [4.78, 5) is 2.54. The number of nitrogens with zero attached hydrogens (tertiary/aromatic N) is 1. The van der Waals surface area contributed by atoms with E-state index in [4.69, 9.17) is 9.47 Å². The normalized spacial score (nSPS) is 30.5. The molecule has 0 aliphatic carbocycles. The lowest BCUT2D eigenvalue weighted by Gasteiger charge is -2.49. The largest absolute Gasteiger partial charge is 0.353 e. The van der Waals surface area contributed by atoms with Crippen LogP contribution in [0.15, 0.2) is 30.3 Å². The van der Waals surface area contributed by atoms with Gasteiger partial charge in [0.2, 0.25) is 0 Å². The predicted molar refractivity (Wildman–Crippen MR) is 79.3 cm³/mol. The Morgan fingerprint density at radius 3 is 2.55 bits per heavy atom. The minimum absolute atomic E-state index is 0.0465. The van der Waals surface area contributed by atoms with Gasteiger partial charge in [-0.3, -0.25) is 4.90 Å². The van der Waals surface area contributed by atoms with Gasteiger partial charge in [0.25, 0.3) is 0 Å². The summed E-state index contributed by atoms with van der Waals surface area (Å²) in [5.74, 6) is 0.498. The van der Waals surface area contributed by atoms with Crippen LogP contribution in [0.3, 0.4) is 0 Å². The fourth-order valence-corrected chi connectivity index (χ4v) is 3.45. The van der Waals surface area contributed by atoms with Crippen LogP contribution in [0, 0.1) is 5.92 Å². The number of benzene rings is 1. The van der Waals surface area contributed by atoms with Crippen molar-refractivity contribution in [1.82, 2.24) is 4.90 Å². The van der Waals surface area contributed by atoms with Crippen LogP contribution in [0.5, 0.6) is 0 Å². The van der Waals surface area contributed by atoms with Crippen LogP contribution in [0.2, 0.25) is 0 Å². The van der Waals surface area contributed by atoms with Gasteiger partial charge in [0, 0.05) is 25.6 Å². The maximum Gasteiger partial charge on any atom is 0.155 e. The highest BCUT2D eigenvalue weighted by atomic mass is 16.7. The van der Waals surface area contributed by atoms with Gasteiger partial charge in [0.05, 0.1) is 12.2 Å². The van der Waals surface area contributed by atoms with Gasteiger partial charge in [0.15, 0.2) is 6.29 Å². The number of hydrogen-bond donors (Lipinski definition) is 0. The Balaban J connectivity index is 1.59. The molecule has 20 heavy (non-hydrogen) atoms. The molecule has 2 fully saturated rings. The van der Waals surface area contributed by atoms with E-state index in [9.17, 15) is 0 Å². The minimum atomic E-state index is -0.0492. The van der Waals surface area contributed by atoms with E-state index in [0.29, 0.717) is 5.92 Å². The van der Waals surface area contributed by atoms with Gasteiger partial charge in [0.1, 0.15) is 0 Å². The zero-order valence-corrected chi connectivity index (χ0v) is 12.5. The molecule has 2 saturated heterocycles. The molecule has 2 atom stereocenters. The Hall–Kier alpha value is -0.900. The first-order valence-corrected chi connectivity index (χ1v) is 7.74. The van der Waals surface area contributed by atoms with E-state index in [0.717, 1.165) is 39.1 Å². The van der Waals surface area contributed by atoms with Crippen LogP contribution in [-0.4, -0.2) is 36.5 Å². The number of piperidine rings is 1. The standard InChI is InChI=1S/C17H25NO2/c1-14-13-19-15(2)20-17(14)8-10-18(11-9-17)12-16-6-4-3-5-7-16/h3-7,14-15H,8-13H2,1-2H3. The summed E-state index contributed by atoms with van der Waals surface area (Å²) >= 11 is 0. The molecule has 0 aromatic heterocycles. The molecule has 2 heterocycles. The van der Waals surface area contributed by atoms with E-state index in [1.54, 1.807) is 0 Å². The molecule has 0 saturated carbocycles. The fourth-order valence-electron chi connectivity index (χ4n) is 3.45. The van der Waals surface area contributed by atoms with Gasteiger partial charge in [-0.25, -0.2) is 0 Å². The first kappa shape index (κ1) is 14.1. The maximum atomic E-state index is 6.18. The summed E-state index contributed by atoms with van der Waals surface area (Å²) in [6.07, 6.45) is 2.19. The summed E-state index contributed by atoms with van der Waals surface area (Å²) in [5, 5.41) is 0. The van der Waals surface area contributed by atoms with Crippen LogP contribution in [0.1, 0.15) is 32.3 Å². The fraction of sp³-hybridized carbons (Fsp3) is 0.647. The molecule has 3 rings (SSSR count). The number of likely N-dealkylation sites (tertiary alicyclic amines) is 1. The summed E-state index contributed by atoms with van der Waals surface area (Å²) in [7, 11) is 0. The van der Waals surface area contributed by atoms with Gasteiger partial charge < -0.3 is 9.47 Å². The molecule has 1 spiro atoms. The van der Waals surface area contributed by atoms with E-state index in [1.807, 2.05) is 6.92 Å². The van der Waals surface area contributed by atoms with Crippen molar-refractivity contribution in [1.29, 1.82) is 0 Å². The molecule has 2 aliphatic heterocycles. The number of hydrogen-bond acceptors (Lipinski definition) is 3. The molecule has 3 heteroatoms. The topological polar surface area (TPSA) is 21.7 Å². The van der Waals surface area contributed by atoms with Crippen molar-refractivity contribution < 1.29 is 9.47 Å². The molecule has 3 nitrogen and oxygen atoms in total. The van der Waals surface area contributed by atoms with E-state index >= 15 is 0 Å². The Morgan fingerprint density at radius 1 is 1.15 bits per heavy atom. The Bertz CT molecular complexity index is 426. The van der Waals surface area contributed by atoms with Gasteiger partial charge in [-0.1, -0.05) is 37.3 Å². The van der Waals surface area contributed by atoms with Gasteiger partial charge >= 0.3 is 0 Å². The van der Waals surface area contributed by atoms with Gasteiger partial charge in [-0.05, 0) is 25.3 Å². The zero-order valence-electron chi connectivity index (χ0n) is 12.5. The smallest absolute Gasteiger partial charge is 0.155 e. The minimum Gasteiger partial charge on any atom is -0.353 e. The lowest BCUT2D eigenvalue weighted by atomic mass is 9.80. The van der Waals surface area contributed by atoms with Crippen LogP contribution >= 0.6 is 0 Å². The maximum absolute atomic E-state index is 6.18. The van der Waals surface area contributed by atoms with Crippen molar-refractivity contribution in [3.8, 4) is 0 Å². The Kier molecular flexibility index (Phi) is 4.11. The van der Waals surface area contributed by atoms with Crippen LogP contribution < -0.4 is 0 Å². The second-order valence-electron chi connectivity index (χ2n) is 6.25.